The van der Waals surface area contributed by atoms with E-state index in [1.807, 2.05) is 0 Å². The number of pyridine rings is 1. The van der Waals surface area contributed by atoms with Gasteiger partial charge in [-0.25, -0.2) is 9.18 Å². The highest BCUT2D eigenvalue weighted by atomic mass is 19.1. The summed E-state index contributed by atoms with van der Waals surface area (Å²) in [5.74, 6) is -0.0985. The van der Waals surface area contributed by atoms with E-state index in [0.717, 1.165) is 18.4 Å². The Kier molecular flexibility index (Phi) is 6.35. The molecule has 2 amide bonds. The van der Waals surface area contributed by atoms with Crippen LogP contribution in [0, 0.1) is 11.7 Å². The van der Waals surface area contributed by atoms with Crippen molar-refractivity contribution in [3.8, 4) is 0 Å². The molecule has 0 radical (unpaired) electrons. The maximum absolute atomic E-state index is 12.9. The summed E-state index contributed by atoms with van der Waals surface area (Å²) in [6.07, 6.45) is 4.43. The molecule has 1 aliphatic heterocycles. The van der Waals surface area contributed by atoms with Gasteiger partial charge in [0.05, 0.1) is 0 Å². The van der Waals surface area contributed by atoms with Crippen LogP contribution in [0.3, 0.4) is 0 Å². The Morgan fingerprint density at radius 2 is 1.78 bits per heavy atom. The van der Waals surface area contributed by atoms with Crippen LogP contribution in [-0.4, -0.2) is 41.5 Å². The zero-order valence-corrected chi connectivity index (χ0v) is 14.9. The van der Waals surface area contributed by atoms with E-state index < -0.39 is 0 Å². The van der Waals surface area contributed by atoms with E-state index in [9.17, 15) is 14.0 Å². The van der Waals surface area contributed by atoms with Gasteiger partial charge in [0.2, 0.25) is 0 Å². The van der Waals surface area contributed by atoms with E-state index >= 15 is 0 Å². The number of amides is 2. The molecular weight excluding hydrogens is 349 g/mol. The lowest BCUT2D eigenvalue weighted by molar-refractivity contribution is 0.0800. The Hall–Kier alpha value is -2.96. The number of hydrogen-bond donors (Lipinski definition) is 1. The molecule has 142 valence electrons. The Morgan fingerprint density at radius 3 is 2.44 bits per heavy atom. The van der Waals surface area contributed by atoms with E-state index in [1.54, 1.807) is 41.6 Å². The third-order valence-corrected chi connectivity index (χ3v) is 4.64. The van der Waals surface area contributed by atoms with E-state index in [1.165, 1.54) is 12.1 Å². The molecule has 1 saturated heterocycles. The number of carbonyl (C=O) groups is 2. The average Bonchev–Trinajstić information content (AvgIpc) is 2.72. The minimum absolute atomic E-state index is 0.112. The molecule has 2 aromatic rings. The zero-order chi connectivity index (χ0) is 19.1. The number of halogens is 1. The van der Waals surface area contributed by atoms with Crippen molar-refractivity contribution in [1.29, 1.82) is 0 Å². The summed E-state index contributed by atoms with van der Waals surface area (Å²) < 4.78 is 18.2. The minimum atomic E-state index is -0.362. The molecule has 0 bridgehead atoms. The molecule has 6 nitrogen and oxygen atoms in total. The molecule has 1 aromatic carbocycles. The van der Waals surface area contributed by atoms with Crippen molar-refractivity contribution in [3.63, 3.8) is 0 Å². The van der Waals surface area contributed by atoms with Gasteiger partial charge in [-0.05, 0) is 48.6 Å². The SMILES string of the molecule is O=C(NCC1CCN(C(=O)OCc2ccc(F)cc2)CC1)c1ccncc1. The van der Waals surface area contributed by atoms with Crippen LogP contribution in [0.5, 0.6) is 0 Å². The van der Waals surface area contributed by atoms with Crippen molar-refractivity contribution < 1.29 is 18.7 Å². The summed E-state index contributed by atoms with van der Waals surface area (Å²) in [5, 5.41) is 2.93. The molecule has 1 aliphatic rings. The molecule has 0 spiro atoms. The molecule has 0 saturated carbocycles. The monoisotopic (exact) mass is 371 g/mol. The maximum Gasteiger partial charge on any atom is 0.410 e. The normalized spacial score (nSPS) is 14.6. The first kappa shape index (κ1) is 18.8. The molecule has 3 rings (SSSR count). The predicted octanol–water partition coefficient (Wildman–Crippen LogP) is 3.00. The molecule has 0 atom stereocenters. The first-order chi connectivity index (χ1) is 13.1. The van der Waals surface area contributed by atoms with Crippen molar-refractivity contribution in [1.82, 2.24) is 15.2 Å². The number of nitrogens with one attached hydrogen (secondary N) is 1. The smallest absolute Gasteiger partial charge is 0.410 e. The van der Waals surface area contributed by atoms with E-state index in [4.69, 9.17) is 4.74 Å². The van der Waals surface area contributed by atoms with Gasteiger partial charge in [-0.2, -0.15) is 0 Å². The molecule has 27 heavy (non-hydrogen) atoms. The number of piperidine rings is 1. The molecular formula is C20H22FN3O3. The average molecular weight is 371 g/mol. The fraction of sp³-hybridized carbons (Fsp3) is 0.350. The largest absolute Gasteiger partial charge is 0.445 e. The van der Waals surface area contributed by atoms with E-state index in [-0.39, 0.29) is 24.4 Å². The summed E-state index contributed by atoms with van der Waals surface area (Å²) >= 11 is 0. The van der Waals surface area contributed by atoms with Gasteiger partial charge >= 0.3 is 6.09 Å². The van der Waals surface area contributed by atoms with Gasteiger partial charge in [-0.3, -0.25) is 9.78 Å². The number of likely N-dealkylation sites (tertiary alicyclic amines) is 1. The highest BCUT2D eigenvalue weighted by Gasteiger charge is 2.24. The number of hydrogen-bond acceptors (Lipinski definition) is 4. The molecule has 0 aliphatic carbocycles. The molecule has 1 fully saturated rings. The summed E-state index contributed by atoms with van der Waals surface area (Å²) in [4.78, 5) is 29.8. The van der Waals surface area contributed by atoms with Crippen LogP contribution in [0.15, 0.2) is 48.8 Å². The Morgan fingerprint density at radius 1 is 1.11 bits per heavy atom. The lowest BCUT2D eigenvalue weighted by atomic mass is 9.97. The number of rotatable bonds is 5. The van der Waals surface area contributed by atoms with Crippen LogP contribution in [0.1, 0.15) is 28.8 Å². The second-order valence-electron chi connectivity index (χ2n) is 6.56. The quantitative estimate of drug-likeness (QED) is 0.877. The number of aromatic nitrogens is 1. The summed E-state index contributed by atoms with van der Waals surface area (Å²) in [6.45, 7) is 1.90. The Labute approximate surface area is 157 Å². The van der Waals surface area contributed by atoms with Crippen LogP contribution >= 0.6 is 0 Å². The second-order valence-corrected chi connectivity index (χ2v) is 6.56. The topological polar surface area (TPSA) is 71.5 Å². The van der Waals surface area contributed by atoms with Gasteiger partial charge in [0.25, 0.3) is 5.91 Å². The summed E-state index contributed by atoms with van der Waals surface area (Å²) in [7, 11) is 0. The Balaban J connectivity index is 1.37. The van der Waals surface area contributed by atoms with Gasteiger partial charge in [0.1, 0.15) is 12.4 Å². The molecule has 1 aromatic heterocycles. The van der Waals surface area contributed by atoms with Crippen LogP contribution in [0.4, 0.5) is 9.18 Å². The fourth-order valence-corrected chi connectivity index (χ4v) is 2.98. The standard InChI is InChI=1S/C20H22FN3O3/c21-18-3-1-16(2-4-18)14-27-20(26)24-11-7-15(8-12-24)13-23-19(25)17-5-9-22-10-6-17/h1-6,9-10,15H,7-8,11-14H2,(H,23,25). The first-order valence-corrected chi connectivity index (χ1v) is 8.96. The first-order valence-electron chi connectivity index (χ1n) is 8.96. The lowest BCUT2D eigenvalue weighted by Gasteiger charge is -2.31. The van der Waals surface area contributed by atoms with Crippen LogP contribution in [0.25, 0.3) is 0 Å². The highest BCUT2D eigenvalue weighted by Crippen LogP contribution is 2.18. The molecule has 1 N–H and O–H groups in total. The number of ether oxygens (including phenoxy) is 1. The minimum Gasteiger partial charge on any atom is -0.445 e. The predicted molar refractivity (Wildman–Crippen MR) is 97.5 cm³/mol. The van der Waals surface area contributed by atoms with Crippen LogP contribution < -0.4 is 5.32 Å². The Bertz CT molecular complexity index is 760. The fourth-order valence-electron chi connectivity index (χ4n) is 2.98. The summed E-state index contributed by atoms with van der Waals surface area (Å²) in [5.41, 5.74) is 1.34. The van der Waals surface area contributed by atoms with Gasteiger partial charge < -0.3 is 15.0 Å². The van der Waals surface area contributed by atoms with Crippen molar-refractivity contribution in [2.75, 3.05) is 19.6 Å². The van der Waals surface area contributed by atoms with Gasteiger partial charge in [0, 0.05) is 37.6 Å². The zero-order valence-electron chi connectivity index (χ0n) is 14.9. The third-order valence-electron chi connectivity index (χ3n) is 4.64. The highest BCUT2D eigenvalue weighted by molar-refractivity contribution is 5.93. The number of nitrogens with zero attached hydrogens (tertiary/aromatic N) is 2. The number of benzene rings is 1. The number of carbonyl (C=O) groups excluding carboxylic acids is 2. The lowest BCUT2D eigenvalue weighted by Crippen LogP contribution is -2.41. The second kappa shape index (κ2) is 9.12. The van der Waals surface area contributed by atoms with Crippen molar-refractivity contribution in [2.45, 2.75) is 19.4 Å². The summed E-state index contributed by atoms with van der Waals surface area (Å²) in [6, 6.07) is 9.23. The molecule has 2 heterocycles. The third kappa shape index (κ3) is 5.51. The van der Waals surface area contributed by atoms with Crippen LogP contribution in [-0.2, 0) is 11.3 Å². The van der Waals surface area contributed by atoms with Crippen molar-refractivity contribution >= 4 is 12.0 Å². The van der Waals surface area contributed by atoms with Crippen molar-refractivity contribution in [2.24, 2.45) is 5.92 Å². The molecule has 7 heteroatoms. The van der Waals surface area contributed by atoms with Crippen LogP contribution in [0.2, 0.25) is 0 Å². The van der Waals surface area contributed by atoms with Crippen molar-refractivity contribution in [3.05, 3.63) is 65.7 Å². The van der Waals surface area contributed by atoms with Gasteiger partial charge in [0.15, 0.2) is 0 Å². The van der Waals surface area contributed by atoms with E-state index in [0.29, 0.717) is 31.1 Å². The van der Waals surface area contributed by atoms with Gasteiger partial charge in [-0.1, -0.05) is 12.1 Å². The van der Waals surface area contributed by atoms with Gasteiger partial charge in [-0.15, -0.1) is 0 Å². The molecule has 0 unspecified atom stereocenters. The van der Waals surface area contributed by atoms with E-state index in [2.05, 4.69) is 10.3 Å². The maximum atomic E-state index is 12.9.